The van der Waals surface area contributed by atoms with E-state index in [1.807, 2.05) is 44.2 Å². The van der Waals surface area contributed by atoms with E-state index in [1.165, 1.54) is 0 Å². The number of hydrogen-bond donors (Lipinski definition) is 2. The Kier molecular flexibility index (Phi) is 8.11. The molecule has 7 nitrogen and oxygen atoms in total. The van der Waals surface area contributed by atoms with Crippen molar-refractivity contribution < 1.29 is 9.84 Å². The van der Waals surface area contributed by atoms with Gasteiger partial charge in [-0.25, -0.2) is 9.97 Å². The number of nitrogens with one attached hydrogen (secondary N) is 1. The van der Waals surface area contributed by atoms with Crippen LogP contribution in [0.3, 0.4) is 0 Å². The summed E-state index contributed by atoms with van der Waals surface area (Å²) in [5.74, 6) is 2.00. The molecule has 0 unspecified atom stereocenters. The van der Waals surface area contributed by atoms with Gasteiger partial charge in [0, 0.05) is 21.8 Å². The predicted octanol–water partition coefficient (Wildman–Crippen LogP) is 4.57. The Morgan fingerprint density at radius 1 is 0.935 bits per heavy atom. The van der Waals surface area contributed by atoms with Crippen LogP contribution in [0.4, 0.5) is 0 Å². The molecule has 0 aliphatic carbocycles. The van der Waals surface area contributed by atoms with E-state index in [2.05, 4.69) is 51.8 Å². The highest BCUT2D eigenvalue weighted by Gasteiger charge is 2.08. The molecule has 0 radical (unpaired) electrons. The molecule has 4 rings (SSSR count). The van der Waals surface area contributed by atoms with Crippen LogP contribution in [0.15, 0.2) is 50.1 Å². The number of aliphatic hydroxyl groups is 1. The highest BCUT2D eigenvalue weighted by Crippen LogP contribution is 2.26. The maximum Gasteiger partial charge on any atom is 0.258 e. The van der Waals surface area contributed by atoms with Crippen LogP contribution in [0.2, 0.25) is 0 Å². The van der Waals surface area contributed by atoms with Gasteiger partial charge in [-0.15, -0.1) is 0 Å². The van der Waals surface area contributed by atoms with Crippen molar-refractivity contribution in [3.8, 4) is 5.88 Å². The first-order valence-corrected chi connectivity index (χ1v) is 11.4. The Balaban J connectivity index is 0.000000179. The topological polar surface area (TPSA) is 101 Å². The first-order valence-electron chi connectivity index (χ1n) is 9.83. The van der Waals surface area contributed by atoms with Gasteiger partial charge in [-0.2, -0.15) is 4.98 Å². The summed E-state index contributed by atoms with van der Waals surface area (Å²) in [6.07, 6.45) is 1.49. The zero-order chi connectivity index (χ0) is 22.4. The molecule has 0 spiro atoms. The normalized spacial score (nSPS) is 10.7. The molecule has 4 aromatic rings. The van der Waals surface area contributed by atoms with Crippen LogP contribution >= 0.6 is 31.9 Å². The number of nitrogens with zero attached hydrogens (tertiary/aromatic N) is 3. The third-order valence-corrected chi connectivity index (χ3v) is 5.35. The number of aliphatic hydroxyl groups excluding tert-OH is 1. The summed E-state index contributed by atoms with van der Waals surface area (Å²) in [4.78, 5) is 27.4. The van der Waals surface area contributed by atoms with Gasteiger partial charge in [0.05, 0.1) is 28.4 Å². The SMILES string of the molecule is CCc1nc(OCCO)c2cc(Br)ccc2n1.CCc1nc2ccc(Br)cc2c(=O)[nH]1. The molecule has 2 N–H and O–H groups in total. The lowest BCUT2D eigenvalue weighted by Crippen LogP contribution is -2.11. The molecule has 0 amide bonds. The van der Waals surface area contributed by atoms with Crippen molar-refractivity contribution >= 4 is 53.7 Å². The largest absolute Gasteiger partial charge is 0.475 e. The maximum atomic E-state index is 11.6. The number of H-pyrrole nitrogens is 1. The van der Waals surface area contributed by atoms with E-state index in [9.17, 15) is 4.79 Å². The van der Waals surface area contributed by atoms with Crippen LogP contribution in [0.25, 0.3) is 21.8 Å². The molecule has 0 fully saturated rings. The second-order valence-corrected chi connectivity index (χ2v) is 8.39. The van der Waals surface area contributed by atoms with E-state index in [-0.39, 0.29) is 18.8 Å². The molecule has 0 saturated carbocycles. The summed E-state index contributed by atoms with van der Waals surface area (Å²) < 4.78 is 7.28. The molecular formula is C22H22Br2N4O3. The van der Waals surface area contributed by atoms with Crippen LogP contribution in [-0.4, -0.2) is 38.3 Å². The van der Waals surface area contributed by atoms with Crippen molar-refractivity contribution in [1.29, 1.82) is 0 Å². The summed E-state index contributed by atoms with van der Waals surface area (Å²) >= 11 is 6.73. The second kappa shape index (κ2) is 10.8. The number of benzene rings is 2. The number of aromatic nitrogens is 4. The Morgan fingerprint density at radius 2 is 1.58 bits per heavy atom. The lowest BCUT2D eigenvalue weighted by Gasteiger charge is -2.08. The van der Waals surface area contributed by atoms with Crippen LogP contribution in [0.5, 0.6) is 5.88 Å². The minimum Gasteiger partial charge on any atom is -0.475 e. The number of rotatable bonds is 5. The first-order chi connectivity index (χ1) is 14.9. The molecule has 0 atom stereocenters. The zero-order valence-electron chi connectivity index (χ0n) is 17.2. The Bertz CT molecular complexity index is 1260. The van der Waals surface area contributed by atoms with Crippen molar-refractivity contribution in [2.45, 2.75) is 26.7 Å². The van der Waals surface area contributed by atoms with Crippen LogP contribution in [0.1, 0.15) is 25.5 Å². The smallest absolute Gasteiger partial charge is 0.258 e. The van der Waals surface area contributed by atoms with E-state index in [0.717, 1.165) is 49.9 Å². The van der Waals surface area contributed by atoms with Gasteiger partial charge < -0.3 is 14.8 Å². The summed E-state index contributed by atoms with van der Waals surface area (Å²) in [6, 6.07) is 11.3. The number of aryl methyl sites for hydroxylation is 2. The van der Waals surface area contributed by atoms with Crippen molar-refractivity contribution in [3.05, 3.63) is 67.3 Å². The number of ether oxygens (including phenoxy) is 1. The highest BCUT2D eigenvalue weighted by atomic mass is 79.9. The fourth-order valence-electron chi connectivity index (χ4n) is 2.86. The Labute approximate surface area is 196 Å². The van der Waals surface area contributed by atoms with Crippen LogP contribution in [-0.2, 0) is 12.8 Å². The van der Waals surface area contributed by atoms with E-state index >= 15 is 0 Å². The highest BCUT2D eigenvalue weighted by molar-refractivity contribution is 9.10. The fraction of sp³-hybridized carbons (Fsp3) is 0.273. The monoisotopic (exact) mass is 548 g/mol. The Morgan fingerprint density at radius 3 is 2.19 bits per heavy atom. The van der Waals surface area contributed by atoms with Gasteiger partial charge in [-0.05, 0) is 36.4 Å². The number of halogens is 2. The number of aromatic amines is 1. The van der Waals surface area contributed by atoms with Crippen molar-refractivity contribution in [2.75, 3.05) is 13.2 Å². The minimum absolute atomic E-state index is 0.0268. The van der Waals surface area contributed by atoms with Crippen LogP contribution in [0, 0.1) is 0 Å². The fourth-order valence-corrected chi connectivity index (χ4v) is 3.58. The zero-order valence-corrected chi connectivity index (χ0v) is 20.3. The van der Waals surface area contributed by atoms with E-state index in [0.29, 0.717) is 11.3 Å². The summed E-state index contributed by atoms with van der Waals surface area (Å²) in [6.45, 7) is 4.17. The number of hydrogen-bond acceptors (Lipinski definition) is 6. The molecule has 2 aromatic carbocycles. The van der Waals surface area contributed by atoms with Crippen molar-refractivity contribution in [2.24, 2.45) is 0 Å². The average molecular weight is 550 g/mol. The van der Waals surface area contributed by atoms with Gasteiger partial charge >= 0.3 is 0 Å². The second-order valence-electron chi connectivity index (χ2n) is 6.56. The molecule has 0 aliphatic heterocycles. The van der Waals surface area contributed by atoms with Gasteiger partial charge in [0.15, 0.2) is 0 Å². The quantitative estimate of drug-likeness (QED) is 0.378. The number of fused-ring (bicyclic) bond motifs is 2. The van der Waals surface area contributed by atoms with Gasteiger partial charge in [0.1, 0.15) is 18.3 Å². The van der Waals surface area contributed by atoms with E-state index in [1.54, 1.807) is 6.07 Å². The summed E-state index contributed by atoms with van der Waals surface area (Å²) in [5.41, 5.74) is 1.52. The molecule has 0 bridgehead atoms. The molecule has 0 saturated heterocycles. The third kappa shape index (κ3) is 5.87. The van der Waals surface area contributed by atoms with Gasteiger partial charge in [-0.1, -0.05) is 45.7 Å². The standard InChI is InChI=1S/C12H13BrN2O2.C10H9BrN2O/c1-2-11-14-10-4-3-8(13)7-9(10)12(15-11)17-6-5-16;1-2-9-12-8-4-3-6(11)5-7(8)10(14)13-9/h3-4,7,16H,2,5-6H2,1H3;3-5H,2H2,1H3,(H,12,13,14). The van der Waals surface area contributed by atoms with E-state index < -0.39 is 0 Å². The summed E-state index contributed by atoms with van der Waals surface area (Å²) in [5, 5.41) is 10.3. The van der Waals surface area contributed by atoms with Gasteiger partial charge in [0.2, 0.25) is 5.88 Å². The summed E-state index contributed by atoms with van der Waals surface area (Å²) in [7, 11) is 0. The first kappa shape index (κ1) is 23.3. The molecule has 2 heterocycles. The predicted molar refractivity (Wildman–Crippen MR) is 129 cm³/mol. The molecule has 9 heteroatoms. The third-order valence-electron chi connectivity index (χ3n) is 4.37. The van der Waals surface area contributed by atoms with Crippen molar-refractivity contribution in [1.82, 2.24) is 19.9 Å². The van der Waals surface area contributed by atoms with Crippen LogP contribution < -0.4 is 10.3 Å². The minimum atomic E-state index is -0.0758. The lowest BCUT2D eigenvalue weighted by molar-refractivity contribution is 0.198. The molecule has 162 valence electrons. The van der Waals surface area contributed by atoms with Gasteiger partial charge in [0.25, 0.3) is 5.56 Å². The Hall–Kier alpha value is -2.36. The molecule has 31 heavy (non-hydrogen) atoms. The molecule has 0 aliphatic rings. The molecular weight excluding hydrogens is 528 g/mol. The average Bonchev–Trinajstić information content (AvgIpc) is 2.78. The van der Waals surface area contributed by atoms with Crippen molar-refractivity contribution in [3.63, 3.8) is 0 Å². The lowest BCUT2D eigenvalue weighted by atomic mass is 10.2. The maximum absolute atomic E-state index is 11.6. The van der Waals surface area contributed by atoms with Gasteiger partial charge in [-0.3, -0.25) is 4.79 Å². The molecule has 2 aromatic heterocycles. The van der Waals surface area contributed by atoms with E-state index in [4.69, 9.17) is 9.84 Å².